The van der Waals surface area contributed by atoms with Crippen molar-refractivity contribution in [3.05, 3.63) is 46.2 Å². The van der Waals surface area contributed by atoms with Crippen molar-refractivity contribution >= 4 is 11.3 Å². The quantitative estimate of drug-likeness (QED) is 0.854. The van der Waals surface area contributed by atoms with Crippen LogP contribution in [0, 0.1) is 0 Å². The standard InChI is InChI=1S/C17H21NO2S/c1-3-15-11-18(9-13-6-7-21-12-13)10-14-8-16(19-2)4-5-17(14)20-15/h4-8,12,15H,3,9-11H2,1-2H3/t15-/m0/s1. The van der Waals surface area contributed by atoms with Gasteiger partial charge in [0.05, 0.1) is 7.11 Å². The largest absolute Gasteiger partial charge is 0.497 e. The van der Waals surface area contributed by atoms with E-state index in [9.17, 15) is 0 Å². The molecule has 3 nitrogen and oxygen atoms in total. The van der Waals surface area contributed by atoms with Gasteiger partial charge in [-0.2, -0.15) is 11.3 Å². The first-order valence-electron chi connectivity index (χ1n) is 7.35. The van der Waals surface area contributed by atoms with Crippen molar-refractivity contribution in [2.75, 3.05) is 13.7 Å². The lowest BCUT2D eigenvalue weighted by atomic mass is 10.1. The Balaban J connectivity index is 1.85. The van der Waals surface area contributed by atoms with Gasteiger partial charge in [-0.05, 0) is 47.0 Å². The number of rotatable bonds is 4. The lowest BCUT2D eigenvalue weighted by Gasteiger charge is -2.22. The summed E-state index contributed by atoms with van der Waals surface area (Å²) in [6.45, 7) is 5.02. The Morgan fingerprint density at radius 3 is 3.00 bits per heavy atom. The second-order valence-corrected chi connectivity index (χ2v) is 6.20. The molecule has 0 saturated carbocycles. The molecule has 0 fully saturated rings. The highest BCUT2D eigenvalue weighted by molar-refractivity contribution is 7.07. The van der Waals surface area contributed by atoms with Gasteiger partial charge in [-0.25, -0.2) is 0 Å². The third-order valence-corrected chi connectivity index (χ3v) is 4.59. The number of nitrogens with zero attached hydrogens (tertiary/aromatic N) is 1. The molecule has 0 unspecified atom stereocenters. The van der Waals surface area contributed by atoms with Gasteiger partial charge in [0.1, 0.15) is 17.6 Å². The number of methoxy groups -OCH3 is 1. The molecule has 21 heavy (non-hydrogen) atoms. The Morgan fingerprint density at radius 2 is 2.29 bits per heavy atom. The lowest BCUT2D eigenvalue weighted by molar-refractivity contribution is 0.139. The fourth-order valence-corrected chi connectivity index (χ4v) is 3.37. The summed E-state index contributed by atoms with van der Waals surface area (Å²) >= 11 is 1.75. The first kappa shape index (κ1) is 14.4. The molecule has 0 radical (unpaired) electrons. The molecule has 1 aromatic carbocycles. The second kappa shape index (κ2) is 6.50. The second-order valence-electron chi connectivity index (χ2n) is 5.42. The number of thiophene rings is 1. The molecule has 2 aromatic rings. The third-order valence-electron chi connectivity index (χ3n) is 3.86. The van der Waals surface area contributed by atoms with Gasteiger partial charge in [0.2, 0.25) is 0 Å². The maximum Gasteiger partial charge on any atom is 0.124 e. The molecule has 112 valence electrons. The van der Waals surface area contributed by atoms with Crippen molar-refractivity contribution in [3.63, 3.8) is 0 Å². The van der Waals surface area contributed by atoms with Gasteiger partial charge in [-0.1, -0.05) is 6.92 Å². The summed E-state index contributed by atoms with van der Waals surface area (Å²) in [6, 6.07) is 8.29. The average molecular weight is 303 g/mol. The van der Waals surface area contributed by atoms with Gasteiger partial charge in [0, 0.05) is 25.2 Å². The molecule has 0 aliphatic carbocycles. The van der Waals surface area contributed by atoms with Crippen molar-refractivity contribution < 1.29 is 9.47 Å². The van der Waals surface area contributed by atoms with Crippen LogP contribution in [0.3, 0.4) is 0 Å². The van der Waals surface area contributed by atoms with E-state index in [4.69, 9.17) is 9.47 Å². The summed E-state index contributed by atoms with van der Waals surface area (Å²) in [6.07, 6.45) is 1.27. The molecular formula is C17H21NO2S. The molecule has 1 atom stereocenters. The van der Waals surface area contributed by atoms with Crippen LogP contribution in [0.25, 0.3) is 0 Å². The Bertz CT molecular complexity index is 582. The van der Waals surface area contributed by atoms with Gasteiger partial charge in [-0.15, -0.1) is 0 Å². The molecule has 4 heteroatoms. The molecule has 3 rings (SSSR count). The van der Waals surface area contributed by atoms with Crippen molar-refractivity contribution in [1.29, 1.82) is 0 Å². The molecule has 0 spiro atoms. The van der Waals surface area contributed by atoms with E-state index in [-0.39, 0.29) is 6.10 Å². The van der Waals surface area contributed by atoms with Crippen LogP contribution >= 0.6 is 11.3 Å². The maximum atomic E-state index is 6.16. The van der Waals surface area contributed by atoms with Gasteiger partial charge >= 0.3 is 0 Å². The molecule has 0 bridgehead atoms. The molecule has 0 saturated heterocycles. The summed E-state index contributed by atoms with van der Waals surface area (Å²) in [4.78, 5) is 2.46. The maximum absolute atomic E-state index is 6.16. The zero-order chi connectivity index (χ0) is 14.7. The Hall–Kier alpha value is -1.52. The van der Waals surface area contributed by atoms with Crippen LogP contribution in [-0.4, -0.2) is 24.7 Å². The van der Waals surface area contributed by atoms with E-state index in [2.05, 4.69) is 34.7 Å². The van der Waals surface area contributed by atoms with Crippen LogP contribution in [0.15, 0.2) is 35.0 Å². The molecular weight excluding hydrogens is 282 g/mol. The van der Waals surface area contributed by atoms with Gasteiger partial charge < -0.3 is 9.47 Å². The van der Waals surface area contributed by atoms with E-state index in [0.29, 0.717) is 0 Å². The predicted molar refractivity (Wildman–Crippen MR) is 86.1 cm³/mol. The highest BCUT2D eigenvalue weighted by Crippen LogP contribution is 2.30. The Kier molecular flexibility index (Phi) is 4.46. The molecule has 1 aliphatic heterocycles. The van der Waals surface area contributed by atoms with Crippen molar-refractivity contribution in [3.8, 4) is 11.5 Å². The van der Waals surface area contributed by atoms with Crippen LogP contribution in [0.5, 0.6) is 11.5 Å². The smallest absolute Gasteiger partial charge is 0.124 e. The monoisotopic (exact) mass is 303 g/mol. The van der Waals surface area contributed by atoms with Crippen molar-refractivity contribution in [1.82, 2.24) is 4.90 Å². The molecule has 0 amide bonds. The summed E-state index contributed by atoms with van der Waals surface area (Å²) in [5.41, 5.74) is 2.58. The van der Waals surface area contributed by atoms with E-state index < -0.39 is 0 Å². The summed E-state index contributed by atoms with van der Waals surface area (Å²) in [5.74, 6) is 1.89. The van der Waals surface area contributed by atoms with Crippen LogP contribution in [0.1, 0.15) is 24.5 Å². The number of ether oxygens (including phenoxy) is 2. The number of hydrogen-bond donors (Lipinski definition) is 0. The molecule has 1 aromatic heterocycles. The average Bonchev–Trinajstić information content (AvgIpc) is 2.93. The van der Waals surface area contributed by atoms with E-state index in [0.717, 1.165) is 37.6 Å². The Labute approximate surface area is 130 Å². The highest BCUT2D eigenvalue weighted by Gasteiger charge is 2.22. The zero-order valence-electron chi connectivity index (χ0n) is 12.5. The Morgan fingerprint density at radius 1 is 1.38 bits per heavy atom. The number of hydrogen-bond acceptors (Lipinski definition) is 4. The van der Waals surface area contributed by atoms with E-state index >= 15 is 0 Å². The first-order chi connectivity index (χ1) is 10.3. The molecule has 0 N–H and O–H groups in total. The minimum atomic E-state index is 0.248. The SMILES string of the molecule is CC[C@H]1CN(Cc2ccsc2)Cc2cc(OC)ccc2O1. The van der Waals surface area contributed by atoms with E-state index in [1.54, 1.807) is 18.4 Å². The number of fused-ring (bicyclic) bond motifs is 1. The summed E-state index contributed by atoms with van der Waals surface area (Å²) < 4.78 is 11.5. The summed E-state index contributed by atoms with van der Waals surface area (Å²) in [5, 5.41) is 4.36. The first-order valence-corrected chi connectivity index (χ1v) is 8.29. The van der Waals surface area contributed by atoms with Gasteiger partial charge in [0.25, 0.3) is 0 Å². The van der Waals surface area contributed by atoms with Crippen molar-refractivity contribution in [2.24, 2.45) is 0 Å². The fourth-order valence-electron chi connectivity index (χ4n) is 2.71. The van der Waals surface area contributed by atoms with E-state index in [1.165, 1.54) is 11.1 Å². The predicted octanol–water partition coefficient (Wildman–Crippen LogP) is 3.93. The third kappa shape index (κ3) is 3.39. The topological polar surface area (TPSA) is 21.7 Å². The van der Waals surface area contributed by atoms with Crippen molar-refractivity contribution in [2.45, 2.75) is 32.5 Å². The highest BCUT2D eigenvalue weighted by atomic mass is 32.1. The zero-order valence-corrected chi connectivity index (χ0v) is 13.4. The lowest BCUT2D eigenvalue weighted by Crippen LogP contribution is -2.31. The summed E-state index contributed by atoms with van der Waals surface area (Å²) in [7, 11) is 1.71. The minimum absolute atomic E-state index is 0.248. The van der Waals surface area contributed by atoms with Crippen LogP contribution in [0.2, 0.25) is 0 Å². The molecule has 1 aliphatic rings. The number of benzene rings is 1. The van der Waals surface area contributed by atoms with E-state index in [1.807, 2.05) is 12.1 Å². The normalized spacial score (nSPS) is 18.7. The van der Waals surface area contributed by atoms with Crippen LogP contribution < -0.4 is 9.47 Å². The fraction of sp³-hybridized carbons (Fsp3) is 0.412. The molecule has 2 heterocycles. The van der Waals surface area contributed by atoms with Crippen LogP contribution in [-0.2, 0) is 13.1 Å². The van der Waals surface area contributed by atoms with Crippen LogP contribution in [0.4, 0.5) is 0 Å². The minimum Gasteiger partial charge on any atom is -0.497 e. The van der Waals surface area contributed by atoms with Gasteiger partial charge in [0.15, 0.2) is 0 Å². The van der Waals surface area contributed by atoms with Gasteiger partial charge in [-0.3, -0.25) is 4.90 Å².